The fourth-order valence-corrected chi connectivity index (χ4v) is 11.7. The van der Waals surface area contributed by atoms with E-state index in [1.54, 1.807) is 13.0 Å². The summed E-state index contributed by atoms with van der Waals surface area (Å²) in [7, 11) is -3.98. The first-order chi connectivity index (χ1) is 26.5. The summed E-state index contributed by atoms with van der Waals surface area (Å²) in [6.07, 6.45) is 11.8. The van der Waals surface area contributed by atoms with Crippen molar-refractivity contribution in [1.82, 2.24) is 14.5 Å². The number of benzene rings is 2. The summed E-state index contributed by atoms with van der Waals surface area (Å²) in [6, 6.07) is 12.0. The van der Waals surface area contributed by atoms with Crippen LogP contribution in [0, 0.1) is 17.8 Å². The summed E-state index contributed by atoms with van der Waals surface area (Å²) >= 11 is 6.52. The van der Waals surface area contributed by atoms with Gasteiger partial charge in [-0.1, -0.05) is 42.8 Å². The third-order valence-electron chi connectivity index (χ3n) is 13.7. The van der Waals surface area contributed by atoms with Crippen LogP contribution in [-0.2, 0) is 31.3 Å². The lowest BCUT2D eigenvalue weighted by Gasteiger charge is -2.53. The molecule has 4 heterocycles. The van der Waals surface area contributed by atoms with Crippen molar-refractivity contribution < 1.29 is 27.4 Å². The van der Waals surface area contributed by atoms with Gasteiger partial charge < -0.3 is 19.1 Å². The average Bonchev–Trinajstić information content (AvgIpc) is 3.31. The number of nitrogens with one attached hydrogen (secondary N) is 1. The van der Waals surface area contributed by atoms with Gasteiger partial charge in [0.1, 0.15) is 11.4 Å². The topological polar surface area (TPSA) is 101 Å². The first kappa shape index (κ1) is 38.9. The largest absolute Gasteiger partial charge is 0.490 e. The van der Waals surface area contributed by atoms with Crippen molar-refractivity contribution in [3.8, 4) is 5.75 Å². The molecule has 4 aliphatic heterocycles. The molecule has 3 fully saturated rings. The van der Waals surface area contributed by atoms with Gasteiger partial charge >= 0.3 is 0 Å². The summed E-state index contributed by atoms with van der Waals surface area (Å²) in [5.41, 5.74) is 2.77. The van der Waals surface area contributed by atoms with Gasteiger partial charge in [0.2, 0.25) is 10.0 Å². The molecule has 2 saturated heterocycles. The molecule has 0 radical (unpaired) electrons. The quantitative estimate of drug-likeness (QED) is 0.375. The van der Waals surface area contributed by atoms with Crippen LogP contribution in [0.1, 0.15) is 67.4 Å². The second-order valence-electron chi connectivity index (χ2n) is 17.1. The molecule has 1 N–H and O–H groups in total. The molecule has 12 heteroatoms. The molecule has 2 bridgehead atoms. The van der Waals surface area contributed by atoms with Crippen molar-refractivity contribution in [2.24, 2.45) is 17.8 Å². The Morgan fingerprint density at radius 1 is 1.11 bits per heavy atom. The third-order valence-corrected chi connectivity index (χ3v) is 15.8. The van der Waals surface area contributed by atoms with E-state index in [0.717, 1.165) is 95.3 Å². The number of nitrogens with zero attached hydrogens (tertiary/aromatic N) is 3. The molecule has 6 aliphatic rings. The first-order valence-corrected chi connectivity index (χ1v) is 22.2. The SMILES string of the molecule is C=CCO[C@]1(CN2CCN3CCOC[C@@H]3C2)/C=C\C[C@H](C)[C@@H](C)S(=O)(=O)NC(=O)c2ccc3c(c2)N(C[C@@H]2CC[C@H]21)C[C@@]1(CCCc2cc(Cl)ccc21)CO3. The highest BCUT2D eigenvalue weighted by molar-refractivity contribution is 7.90. The molecule has 1 spiro atoms. The molecular formula is C43H57ClN4O6S. The molecule has 2 aromatic carbocycles. The van der Waals surface area contributed by atoms with Crippen LogP contribution in [0.3, 0.4) is 0 Å². The lowest BCUT2D eigenvalue weighted by molar-refractivity contribution is -0.117. The number of rotatable bonds is 5. The van der Waals surface area contributed by atoms with E-state index in [-0.39, 0.29) is 17.3 Å². The van der Waals surface area contributed by atoms with Gasteiger partial charge in [-0.25, -0.2) is 13.1 Å². The predicted molar refractivity (Wildman–Crippen MR) is 217 cm³/mol. The first-order valence-electron chi connectivity index (χ1n) is 20.3. The molecule has 1 saturated carbocycles. The second-order valence-corrected chi connectivity index (χ2v) is 19.6. The summed E-state index contributed by atoms with van der Waals surface area (Å²) in [5.74, 6) is 0.348. The number of fused-ring (bicyclic) bond motifs is 5. The Bertz CT molecular complexity index is 1910. The molecule has 8 rings (SSSR count). The predicted octanol–water partition coefficient (Wildman–Crippen LogP) is 5.84. The van der Waals surface area contributed by atoms with Gasteiger partial charge in [-0.05, 0) is 105 Å². The van der Waals surface area contributed by atoms with Gasteiger partial charge in [-0.2, -0.15) is 0 Å². The Morgan fingerprint density at radius 2 is 1.98 bits per heavy atom. The van der Waals surface area contributed by atoms with Crippen LogP contribution < -0.4 is 14.4 Å². The van der Waals surface area contributed by atoms with Crippen LogP contribution in [0.25, 0.3) is 0 Å². The highest BCUT2D eigenvalue weighted by atomic mass is 35.5. The Balaban J connectivity index is 1.20. The molecule has 55 heavy (non-hydrogen) atoms. The van der Waals surface area contributed by atoms with Crippen molar-refractivity contribution in [1.29, 1.82) is 0 Å². The number of aryl methyl sites for hydroxylation is 1. The highest BCUT2D eigenvalue weighted by Gasteiger charge is 2.50. The van der Waals surface area contributed by atoms with Crippen LogP contribution in [0.2, 0.25) is 5.02 Å². The summed E-state index contributed by atoms with van der Waals surface area (Å²) in [4.78, 5) is 21.3. The average molecular weight is 793 g/mol. The van der Waals surface area contributed by atoms with E-state index in [1.807, 2.05) is 31.2 Å². The van der Waals surface area contributed by atoms with Gasteiger partial charge in [0, 0.05) is 67.9 Å². The van der Waals surface area contributed by atoms with Gasteiger partial charge in [-0.3, -0.25) is 14.6 Å². The monoisotopic (exact) mass is 792 g/mol. The number of hydrogen-bond donors (Lipinski definition) is 1. The molecule has 10 nitrogen and oxygen atoms in total. The number of amides is 1. The number of halogens is 1. The normalized spacial score (nSPS) is 34.5. The van der Waals surface area contributed by atoms with Crippen LogP contribution in [0.15, 0.2) is 61.2 Å². The maximum absolute atomic E-state index is 13.7. The number of ether oxygens (including phenoxy) is 3. The van der Waals surface area contributed by atoms with E-state index in [4.69, 9.17) is 25.8 Å². The zero-order chi connectivity index (χ0) is 38.4. The Labute approximate surface area is 332 Å². The molecule has 2 aromatic rings. The van der Waals surface area contributed by atoms with Gasteiger partial charge in [0.25, 0.3) is 5.91 Å². The summed E-state index contributed by atoms with van der Waals surface area (Å²) in [6.45, 7) is 16.2. The van der Waals surface area contributed by atoms with Crippen LogP contribution >= 0.6 is 11.6 Å². The zero-order valence-corrected chi connectivity index (χ0v) is 34.0. The van der Waals surface area contributed by atoms with Crippen molar-refractivity contribution >= 4 is 33.2 Å². The molecular weight excluding hydrogens is 736 g/mol. The zero-order valence-electron chi connectivity index (χ0n) is 32.4. The molecule has 0 unspecified atom stereocenters. The van der Waals surface area contributed by atoms with E-state index in [0.29, 0.717) is 49.5 Å². The van der Waals surface area contributed by atoms with Crippen molar-refractivity contribution in [2.75, 3.05) is 77.1 Å². The number of sulfonamides is 1. The number of hydrogen-bond acceptors (Lipinski definition) is 9. The maximum Gasteiger partial charge on any atom is 0.264 e. The fraction of sp³-hybridized carbons (Fsp3) is 0.605. The van der Waals surface area contributed by atoms with E-state index in [2.05, 4.69) is 50.3 Å². The van der Waals surface area contributed by atoms with Crippen molar-refractivity contribution in [3.63, 3.8) is 0 Å². The van der Waals surface area contributed by atoms with E-state index in [1.165, 1.54) is 11.1 Å². The summed E-state index contributed by atoms with van der Waals surface area (Å²) in [5, 5.41) is -0.0552. The lowest BCUT2D eigenvalue weighted by atomic mass is 9.63. The van der Waals surface area contributed by atoms with Crippen LogP contribution in [0.5, 0.6) is 5.75 Å². The van der Waals surface area contributed by atoms with Crippen molar-refractivity contribution in [2.45, 2.75) is 74.7 Å². The lowest BCUT2D eigenvalue weighted by Crippen LogP contribution is -2.63. The number of allylic oxidation sites excluding steroid dienone is 1. The van der Waals surface area contributed by atoms with E-state index >= 15 is 0 Å². The summed E-state index contributed by atoms with van der Waals surface area (Å²) < 4.78 is 49.5. The fourth-order valence-electron chi connectivity index (χ4n) is 10.2. The van der Waals surface area contributed by atoms with Gasteiger partial charge in [0.15, 0.2) is 0 Å². The highest BCUT2D eigenvalue weighted by Crippen LogP contribution is 2.49. The number of morpholine rings is 1. The number of carbonyl (C=O) groups is 1. The molecule has 2 aliphatic carbocycles. The minimum Gasteiger partial charge on any atom is -0.490 e. The minimum absolute atomic E-state index is 0.209. The van der Waals surface area contributed by atoms with Crippen LogP contribution in [0.4, 0.5) is 5.69 Å². The Hall–Kier alpha value is -2.93. The van der Waals surface area contributed by atoms with Crippen LogP contribution in [-0.4, -0.2) is 113 Å². The Morgan fingerprint density at radius 3 is 2.80 bits per heavy atom. The van der Waals surface area contributed by atoms with E-state index < -0.39 is 26.8 Å². The number of anilines is 1. The smallest absolute Gasteiger partial charge is 0.264 e. The minimum atomic E-state index is -3.98. The molecule has 7 atom stereocenters. The van der Waals surface area contributed by atoms with E-state index in [9.17, 15) is 13.2 Å². The van der Waals surface area contributed by atoms with Gasteiger partial charge in [0.05, 0.1) is 37.4 Å². The third kappa shape index (κ3) is 7.74. The Kier molecular flexibility index (Phi) is 11.2. The molecule has 0 aromatic heterocycles. The standard InChI is InChI=1S/C43H57ClN4O6S/c1-4-20-54-43(28-46-17-18-47-19-21-52-26-36(47)25-46)16-5-7-30(2)31(3)55(50,51)45-41(49)33-10-14-40-39(23-33)48(24-34-9-12-38(34)43)27-42(29-53-40)15-6-8-32-22-35(44)11-13-37(32)42/h4-5,10-11,13-14,16,22-23,30-31,34,36,38H,1,6-9,12,15,17-21,24-29H2,2-3H3,(H,45,49)/b16-5-/t30-,31+,34-,36-,38+,42-,43-/m0/s1. The maximum atomic E-state index is 13.7. The second kappa shape index (κ2) is 15.8. The van der Waals surface area contributed by atoms with Gasteiger partial charge in [-0.15, -0.1) is 6.58 Å². The molecule has 298 valence electrons. The van der Waals surface area contributed by atoms with Crippen molar-refractivity contribution in [3.05, 3.63) is 82.9 Å². The number of carbonyl (C=O) groups excluding carboxylic acids is 1. The molecule has 1 amide bonds. The number of piperazine rings is 1.